The number of benzene rings is 2. The van der Waals surface area contributed by atoms with Crippen LogP contribution in [0.15, 0.2) is 78.9 Å². The van der Waals surface area contributed by atoms with E-state index in [0.717, 1.165) is 18.5 Å². The van der Waals surface area contributed by atoms with Crippen molar-refractivity contribution in [1.29, 1.82) is 0 Å². The number of aryl methyl sites for hydroxylation is 1. The number of rotatable bonds is 8. The Hall–Kier alpha value is -3.47. The molecule has 0 aliphatic heterocycles. The van der Waals surface area contributed by atoms with Crippen molar-refractivity contribution in [3.8, 4) is 0 Å². The first-order valence-corrected chi connectivity index (χ1v) is 9.85. The van der Waals surface area contributed by atoms with Crippen LogP contribution in [0, 0.1) is 0 Å². The molecule has 0 saturated carbocycles. The van der Waals surface area contributed by atoms with E-state index >= 15 is 0 Å². The lowest BCUT2D eigenvalue weighted by Crippen LogP contribution is -2.32. The number of nitrogens with one attached hydrogen (secondary N) is 1. The summed E-state index contributed by atoms with van der Waals surface area (Å²) in [5.74, 6) is -0.493. The Labute approximate surface area is 171 Å². The third-order valence-corrected chi connectivity index (χ3v) is 4.60. The van der Waals surface area contributed by atoms with Gasteiger partial charge in [0.25, 0.3) is 11.8 Å². The second-order valence-corrected chi connectivity index (χ2v) is 6.64. The van der Waals surface area contributed by atoms with E-state index in [9.17, 15) is 9.59 Å². The number of nitrogens with zero attached hydrogens (tertiary/aromatic N) is 2. The zero-order valence-corrected chi connectivity index (χ0v) is 16.5. The predicted molar refractivity (Wildman–Crippen MR) is 115 cm³/mol. The monoisotopic (exact) mass is 387 g/mol. The molecule has 0 radical (unpaired) electrons. The summed E-state index contributed by atoms with van der Waals surface area (Å²) < 4.78 is 0. The third kappa shape index (κ3) is 5.51. The van der Waals surface area contributed by atoms with Gasteiger partial charge in [-0.2, -0.15) is 0 Å². The lowest BCUT2D eigenvalue weighted by molar-refractivity contribution is 0.0947. The quantitative estimate of drug-likeness (QED) is 0.592. The molecule has 29 heavy (non-hydrogen) atoms. The molecule has 5 nitrogen and oxygen atoms in total. The Bertz CT molecular complexity index is 943. The molecule has 1 N–H and O–H groups in total. The van der Waals surface area contributed by atoms with E-state index in [4.69, 9.17) is 0 Å². The van der Waals surface area contributed by atoms with E-state index in [1.54, 1.807) is 23.1 Å². The molecule has 1 heterocycles. The van der Waals surface area contributed by atoms with Crippen LogP contribution >= 0.6 is 0 Å². The Morgan fingerprint density at radius 2 is 1.52 bits per heavy atom. The van der Waals surface area contributed by atoms with Crippen molar-refractivity contribution in [2.75, 3.05) is 18.0 Å². The zero-order valence-electron chi connectivity index (χ0n) is 16.5. The maximum absolute atomic E-state index is 12.9. The van der Waals surface area contributed by atoms with Crippen molar-refractivity contribution in [2.45, 2.75) is 19.8 Å². The topological polar surface area (TPSA) is 62.3 Å². The maximum Gasteiger partial charge on any atom is 0.276 e. The normalized spacial score (nSPS) is 10.4. The van der Waals surface area contributed by atoms with Crippen LogP contribution in [-0.4, -0.2) is 29.9 Å². The fraction of sp³-hybridized carbons (Fsp3) is 0.208. The standard InChI is InChI=1S/C24H25N3O2/c1-2-27(20-14-7-4-8-15-20)24(29)22-17-9-16-21(26-22)23(28)25-18-10-13-19-11-5-3-6-12-19/h3-9,11-12,14-17H,2,10,13,18H2,1H3,(H,25,28). The molecule has 5 heteroatoms. The second kappa shape index (κ2) is 10.2. The minimum absolute atomic E-state index is 0.225. The van der Waals surface area contributed by atoms with Crippen LogP contribution in [-0.2, 0) is 6.42 Å². The van der Waals surface area contributed by atoms with Crippen LogP contribution in [0.3, 0.4) is 0 Å². The molecule has 0 unspecified atom stereocenters. The fourth-order valence-electron chi connectivity index (χ4n) is 3.10. The summed E-state index contributed by atoms with van der Waals surface area (Å²) in [4.78, 5) is 31.3. The third-order valence-electron chi connectivity index (χ3n) is 4.60. The van der Waals surface area contributed by atoms with E-state index < -0.39 is 0 Å². The minimum Gasteiger partial charge on any atom is -0.351 e. The molecular formula is C24H25N3O2. The number of aromatic nitrogens is 1. The molecule has 0 fully saturated rings. The molecular weight excluding hydrogens is 362 g/mol. The number of amides is 2. The van der Waals surface area contributed by atoms with Gasteiger partial charge in [-0.1, -0.05) is 54.6 Å². The summed E-state index contributed by atoms with van der Waals surface area (Å²) >= 11 is 0. The maximum atomic E-state index is 12.9. The molecule has 148 valence electrons. The van der Waals surface area contributed by atoms with Crippen molar-refractivity contribution in [2.24, 2.45) is 0 Å². The zero-order chi connectivity index (χ0) is 20.5. The summed E-state index contributed by atoms with van der Waals surface area (Å²) in [5, 5.41) is 2.88. The van der Waals surface area contributed by atoms with Crippen molar-refractivity contribution in [3.05, 3.63) is 95.8 Å². The van der Waals surface area contributed by atoms with Gasteiger partial charge >= 0.3 is 0 Å². The molecule has 0 spiro atoms. The summed E-state index contributed by atoms with van der Waals surface area (Å²) in [6.45, 7) is 2.98. The highest BCUT2D eigenvalue weighted by Crippen LogP contribution is 2.16. The number of hydrogen-bond acceptors (Lipinski definition) is 3. The smallest absolute Gasteiger partial charge is 0.276 e. The Balaban J connectivity index is 1.60. The first-order chi connectivity index (χ1) is 14.2. The van der Waals surface area contributed by atoms with Crippen molar-refractivity contribution >= 4 is 17.5 Å². The highest BCUT2D eigenvalue weighted by molar-refractivity contribution is 6.05. The fourth-order valence-corrected chi connectivity index (χ4v) is 3.10. The molecule has 0 bridgehead atoms. The van der Waals surface area contributed by atoms with Crippen LogP contribution in [0.1, 0.15) is 39.9 Å². The van der Waals surface area contributed by atoms with E-state index in [2.05, 4.69) is 22.4 Å². The average molecular weight is 387 g/mol. The minimum atomic E-state index is -0.268. The number of carbonyl (C=O) groups is 2. The first-order valence-electron chi connectivity index (χ1n) is 9.85. The van der Waals surface area contributed by atoms with Gasteiger partial charge < -0.3 is 10.2 Å². The number of pyridine rings is 1. The van der Waals surface area contributed by atoms with Crippen molar-refractivity contribution in [3.63, 3.8) is 0 Å². The number of carbonyl (C=O) groups excluding carboxylic acids is 2. The first kappa shape index (κ1) is 20.3. The lowest BCUT2D eigenvalue weighted by atomic mass is 10.1. The summed E-state index contributed by atoms with van der Waals surface area (Å²) in [6, 6.07) is 24.6. The highest BCUT2D eigenvalue weighted by Gasteiger charge is 2.18. The predicted octanol–water partition coefficient (Wildman–Crippen LogP) is 4.11. The van der Waals surface area contributed by atoms with Gasteiger partial charge in [0.1, 0.15) is 11.4 Å². The highest BCUT2D eigenvalue weighted by atomic mass is 16.2. The van der Waals surface area contributed by atoms with E-state index in [-0.39, 0.29) is 23.2 Å². The number of para-hydroxylation sites is 1. The largest absolute Gasteiger partial charge is 0.351 e. The molecule has 3 rings (SSSR count). The van der Waals surface area contributed by atoms with Gasteiger partial charge in [-0.3, -0.25) is 9.59 Å². The average Bonchev–Trinajstić information content (AvgIpc) is 2.78. The van der Waals surface area contributed by atoms with Crippen LogP contribution in [0.2, 0.25) is 0 Å². The van der Waals surface area contributed by atoms with Crippen LogP contribution in [0.5, 0.6) is 0 Å². The van der Waals surface area contributed by atoms with E-state index in [1.807, 2.05) is 55.5 Å². The van der Waals surface area contributed by atoms with Crippen molar-refractivity contribution < 1.29 is 9.59 Å². The Morgan fingerprint density at radius 3 is 2.21 bits per heavy atom. The summed E-state index contributed by atoms with van der Waals surface area (Å²) in [5.41, 5.74) is 2.55. The molecule has 2 amide bonds. The van der Waals surface area contributed by atoms with Crippen LogP contribution in [0.25, 0.3) is 0 Å². The molecule has 0 aliphatic carbocycles. The molecule has 0 atom stereocenters. The van der Waals surface area contributed by atoms with Gasteiger partial charge in [0.05, 0.1) is 0 Å². The van der Waals surface area contributed by atoms with Gasteiger partial charge in [-0.25, -0.2) is 4.98 Å². The molecule has 0 saturated heterocycles. The van der Waals surface area contributed by atoms with Crippen LogP contribution in [0.4, 0.5) is 5.69 Å². The molecule has 3 aromatic rings. The van der Waals surface area contributed by atoms with E-state index in [1.165, 1.54) is 5.56 Å². The van der Waals surface area contributed by atoms with Crippen LogP contribution < -0.4 is 10.2 Å². The molecule has 2 aromatic carbocycles. The molecule has 0 aliphatic rings. The van der Waals surface area contributed by atoms with Gasteiger partial charge in [-0.15, -0.1) is 0 Å². The van der Waals surface area contributed by atoms with Gasteiger partial charge in [0.2, 0.25) is 0 Å². The molecule has 1 aromatic heterocycles. The van der Waals surface area contributed by atoms with Gasteiger partial charge in [0.15, 0.2) is 0 Å². The Kier molecular flexibility index (Phi) is 7.11. The summed E-state index contributed by atoms with van der Waals surface area (Å²) in [6.07, 6.45) is 1.74. The SMILES string of the molecule is CCN(C(=O)c1cccc(C(=O)NCCCc2ccccc2)n1)c1ccccc1. The van der Waals surface area contributed by atoms with E-state index in [0.29, 0.717) is 13.1 Å². The second-order valence-electron chi connectivity index (χ2n) is 6.64. The lowest BCUT2D eigenvalue weighted by Gasteiger charge is -2.20. The van der Waals surface area contributed by atoms with Crippen molar-refractivity contribution in [1.82, 2.24) is 10.3 Å². The summed E-state index contributed by atoms with van der Waals surface area (Å²) in [7, 11) is 0. The number of anilines is 1. The van der Waals surface area contributed by atoms with Gasteiger partial charge in [0, 0.05) is 18.8 Å². The Morgan fingerprint density at radius 1 is 0.862 bits per heavy atom. The number of hydrogen-bond donors (Lipinski definition) is 1. The van der Waals surface area contributed by atoms with Gasteiger partial charge in [-0.05, 0) is 49.6 Å².